The second-order valence-corrected chi connectivity index (χ2v) is 6.88. The largest absolute Gasteiger partial charge is 0.471 e. The second kappa shape index (κ2) is 12.4. The fourth-order valence-corrected chi connectivity index (χ4v) is 1.99. The van der Waals surface area contributed by atoms with E-state index in [2.05, 4.69) is 9.47 Å². The number of carbonyl (C=O) groups excluding carboxylic acids is 2. The molecule has 6 nitrogen and oxygen atoms in total. The summed E-state index contributed by atoms with van der Waals surface area (Å²) in [6, 6.07) is 0. The van der Waals surface area contributed by atoms with Crippen LogP contribution in [-0.2, 0) is 19.1 Å². The lowest BCUT2D eigenvalue weighted by molar-refractivity contribution is -0.376. The monoisotopic (exact) mass is 568 g/mol. The third-order valence-corrected chi connectivity index (χ3v) is 3.90. The fourth-order valence-electron chi connectivity index (χ4n) is 1.99. The van der Waals surface area contributed by atoms with Gasteiger partial charge in [0.05, 0.1) is 0 Å². The lowest BCUT2D eigenvalue weighted by Crippen LogP contribution is -2.64. The molecule has 0 saturated heterocycles. The molecule has 36 heavy (non-hydrogen) atoms. The van der Waals surface area contributed by atoms with Crippen LogP contribution in [0, 0.1) is 0 Å². The molecule has 2 amide bonds. The lowest BCUT2D eigenvalue weighted by atomic mass is 9.99. The van der Waals surface area contributed by atoms with Crippen molar-refractivity contribution in [1.82, 2.24) is 10.6 Å². The Kier molecular flexibility index (Phi) is 11.7. The highest BCUT2D eigenvalue weighted by atomic mass is 19.4. The molecule has 214 valence electrons. The first-order valence-electron chi connectivity index (χ1n) is 9.37. The summed E-state index contributed by atoms with van der Waals surface area (Å²) in [4.78, 5) is 20.9. The Bertz CT molecular complexity index is 665. The Morgan fingerprint density at radius 2 is 0.806 bits per heavy atom. The van der Waals surface area contributed by atoms with Crippen molar-refractivity contribution in [1.29, 1.82) is 0 Å². The number of rotatable bonds is 15. The first-order chi connectivity index (χ1) is 16.0. The van der Waals surface area contributed by atoms with Crippen molar-refractivity contribution in [3.8, 4) is 0 Å². The summed E-state index contributed by atoms with van der Waals surface area (Å²) < 4.78 is 188. The third-order valence-electron chi connectivity index (χ3n) is 3.90. The van der Waals surface area contributed by atoms with Gasteiger partial charge in [0.2, 0.25) is 0 Å². The quantitative estimate of drug-likeness (QED) is 0.234. The highest BCUT2D eigenvalue weighted by Gasteiger charge is 2.80. The van der Waals surface area contributed by atoms with E-state index in [4.69, 9.17) is 0 Å². The van der Waals surface area contributed by atoms with Crippen LogP contribution in [0.3, 0.4) is 0 Å². The van der Waals surface area contributed by atoms with Gasteiger partial charge in [-0.2, -0.15) is 61.5 Å². The van der Waals surface area contributed by atoms with Crippen LogP contribution in [0.4, 0.5) is 61.5 Å². The highest BCUT2D eigenvalue weighted by molar-refractivity contribution is 5.81. The SMILES string of the molecule is O=C(NCCCOCC(F)(F)C(F)(F)C(F)(F)C(F)(F)COCCCNC(=O)C(F)(F)F)C(F)(F)F. The Morgan fingerprint density at radius 1 is 0.528 bits per heavy atom. The summed E-state index contributed by atoms with van der Waals surface area (Å²) in [7, 11) is 0. The van der Waals surface area contributed by atoms with E-state index in [1.54, 1.807) is 0 Å². The molecule has 0 bridgehead atoms. The number of halogens is 14. The molecule has 0 spiro atoms. The smallest absolute Gasteiger partial charge is 0.375 e. The molecule has 0 saturated carbocycles. The number of alkyl halides is 14. The van der Waals surface area contributed by atoms with Crippen LogP contribution in [0.15, 0.2) is 0 Å². The lowest BCUT2D eigenvalue weighted by Gasteiger charge is -2.36. The maximum atomic E-state index is 13.7. The number of nitrogens with one attached hydrogen (secondary N) is 2. The number of hydrogen-bond donors (Lipinski definition) is 2. The summed E-state index contributed by atoms with van der Waals surface area (Å²) in [6.45, 7) is -8.91. The highest BCUT2D eigenvalue weighted by Crippen LogP contribution is 2.52. The predicted molar refractivity (Wildman–Crippen MR) is 88.8 cm³/mol. The van der Waals surface area contributed by atoms with Crippen LogP contribution < -0.4 is 10.6 Å². The molecule has 2 N–H and O–H groups in total. The third kappa shape index (κ3) is 9.40. The Balaban J connectivity index is 4.73. The van der Waals surface area contributed by atoms with Gasteiger partial charge in [0.25, 0.3) is 0 Å². The minimum atomic E-state index is -6.74. The molecule has 0 fully saturated rings. The van der Waals surface area contributed by atoms with Crippen molar-refractivity contribution >= 4 is 11.8 Å². The van der Waals surface area contributed by atoms with Gasteiger partial charge in [-0.3, -0.25) is 9.59 Å². The molecule has 0 heterocycles. The van der Waals surface area contributed by atoms with Crippen LogP contribution >= 0.6 is 0 Å². The van der Waals surface area contributed by atoms with Crippen LogP contribution in [0.25, 0.3) is 0 Å². The molecule has 0 aliphatic heterocycles. The van der Waals surface area contributed by atoms with E-state index in [-0.39, 0.29) is 0 Å². The Hall–Kier alpha value is -2.12. The molecule has 0 radical (unpaired) electrons. The van der Waals surface area contributed by atoms with Crippen molar-refractivity contribution in [3.63, 3.8) is 0 Å². The zero-order valence-corrected chi connectivity index (χ0v) is 17.6. The Morgan fingerprint density at radius 3 is 1.06 bits per heavy atom. The van der Waals surface area contributed by atoms with Gasteiger partial charge in [0.15, 0.2) is 0 Å². The topological polar surface area (TPSA) is 76.7 Å². The van der Waals surface area contributed by atoms with E-state index in [9.17, 15) is 71.1 Å². The number of amides is 2. The van der Waals surface area contributed by atoms with Crippen molar-refractivity contribution in [2.45, 2.75) is 48.9 Å². The summed E-state index contributed by atoms with van der Waals surface area (Å²) in [5.74, 6) is -30.2. The molecular weight excluding hydrogens is 550 g/mol. The van der Waals surface area contributed by atoms with E-state index >= 15 is 0 Å². The number of carbonyl (C=O) groups is 2. The van der Waals surface area contributed by atoms with Crippen LogP contribution in [0.5, 0.6) is 0 Å². The van der Waals surface area contributed by atoms with E-state index in [1.807, 2.05) is 0 Å². The van der Waals surface area contributed by atoms with Crippen molar-refractivity contribution in [2.75, 3.05) is 39.5 Å². The summed E-state index contributed by atoms with van der Waals surface area (Å²) >= 11 is 0. The van der Waals surface area contributed by atoms with Gasteiger partial charge in [0, 0.05) is 26.3 Å². The van der Waals surface area contributed by atoms with E-state index in [0.29, 0.717) is 0 Å². The fraction of sp³-hybridized carbons (Fsp3) is 0.875. The van der Waals surface area contributed by atoms with Crippen LogP contribution in [0.1, 0.15) is 12.8 Å². The molecule has 0 rings (SSSR count). The first-order valence-corrected chi connectivity index (χ1v) is 9.37. The molecule has 20 heteroatoms. The zero-order valence-electron chi connectivity index (χ0n) is 17.6. The van der Waals surface area contributed by atoms with E-state index < -0.39 is 100 Å². The summed E-state index contributed by atoms with van der Waals surface area (Å²) in [5, 5.41) is 2.51. The Labute approximate surface area is 192 Å². The molecule has 0 aromatic carbocycles. The molecule has 0 unspecified atom stereocenters. The summed E-state index contributed by atoms with van der Waals surface area (Å²) in [5.41, 5.74) is 0. The van der Waals surface area contributed by atoms with Crippen molar-refractivity contribution < 1.29 is 80.5 Å². The molecule has 0 aromatic heterocycles. The van der Waals surface area contributed by atoms with Crippen molar-refractivity contribution in [2.24, 2.45) is 0 Å². The minimum absolute atomic E-state index is 0.673. The average molecular weight is 568 g/mol. The normalized spacial score (nSPS) is 14.1. The molecular formula is C16H18F14N2O4. The van der Waals surface area contributed by atoms with Gasteiger partial charge in [-0.25, -0.2) is 0 Å². The number of hydrogen-bond acceptors (Lipinski definition) is 4. The van der Waals surface area contributed by atoms with Crippen LogP contribution in [-0.4, -0.2) is 87.4 Å². The van der Waals surface area contributed by atoms with Gasteiger partial charge in [-0.05, 0) is 12.8 Å². The molecule has 0 atom stereocenters. The van der Waals surface area contributed by atoms with Crippen molar-refractivity contribution in [3.05, 3.63) is 0 Å². The zero-order chi connectivity index (χ0) is 28.6. The maximum Gasteiger partial charge on any atom is 0.471 e. The van der Waals surface area contributed by atoms with Crippen LogP contribution in [0.2, 0.25) is 0 Å². The minimum Gasteiger partial charge on any atom is -0.375 e. The van der Waals surface area contributed by atoms with Gasteiger partial charge < -0.3 is 20.1 Å². The molecule has 0 aliphatic rings. The number of ether oxygens (including phenoxy) is 2. The van der Waals surface area contributed by atoms with Gasteiger partial charge in [0.1, 0.15) is 13.2 Å². The van der Waals surface area contributed by atoms with E-state index in [0.717, 1.165) is 0 Å². The first kappa shape index (κ1) is 33.9. The van der Waals surface area contributed by atoms with Gasteiger partial charge in [-0.15, -0.1) is 0 Å². The molecule has 0 aliphatic carbocycles. The predicted octanol–water partition coefficient (Wildman–Crippen LogP) is 3.70. The van der Waals surface area contributed by atoms with Gasteiger partial charge >= 0.3 is 47.9 Å². The second-order valence-electron chi connectivity index (χ2n) is 6.88. The summed E-state index contributed by atoms with van der Waals surface area (Å²) in [6.07, 6.45) is -11.9. The standard InChI is InChI=1S/C16H18F14N2O4/c17-11(18,7-35-5-1-3-31-9(33)13(21,22)23)15(27,28)16(29,30)12(19,20)8-36-6-2-4-32-10(34)14(24,25)26/h1-8H2,(H,31,33)(H,32,34). The van der Waals surface area contributed by atoms with E-state index in [1.165, 1.54) is 10.6 Å². The maximum absolute atomic E-state index is 13.7. The van der Waals surface area contributed by atoms with Gasteiger partial charge in [-0.1, -0.05) is 0 Å². The molecule has 0 aromatic rings. The average Bonchev–Trinajstić information content (AvgIpc) is 2.70.